The number of aliphatic hydroxyl groups is 2. The highest BCUT2D eigenvalue weighted by molar-refractivity contribution is 5.81. The minimum Gasteiger partial charge on any atom is -0.507 e. The van der Waals surface area contributed by atoms with Crippen LogP contribution in [0.25, 0.3) is 0 Å². The van der Waals surface area contributed by atoms with Gasteiger partial charge >= 0.3 is 6.09 Å². The number of hydrogen-bond acceptors (Lipinski definition) is 8. The lowest BCUT2D eigenvalue weighted by Gasteiger charge is -2.21. The minimum atomic E-state index is -1.70. The van der Waals surface area contributed by atoms with Crippen molar-refractivity contribution in [2.24, 2.45) is 0 Å². The predicted octanol–water partition coefficient (Wildman–Crippen LogP) is 1.42. The molecule has 4 N–H and O–H groups in total. The van der Waals surface area contributed by atoms with Crippen LogP contribution in [-0.2, 0) is 4.74 Å². The SMILES string of the molecule is CC(C)(C)OC(=O)NCCC(O)C(O)c1cc([N+](=O)[O-])cc(C=O)c1O. The predicted molar refractivity (Wildman–Crippen MR) is 90.0 cm³/mol. The normalized spacial score (nSPS) is 13.6. The molecule has 1 aromatic carbocycles. The Kier molecular flexibility index (Phi) is 7.04. The van der Waals surface area contributed by atoms with Gasteiger partial charge in [0.25, 0.3) is 5.69 Å². The number of benzene rings is 1. The Morgan fingerprint density at radius 1 is 1.38 bits per heavy atom. The highest BCUT2D eigenvalue weighted by atomic mass is 16.6. The monoisotopic (exact) mass is 370 g/mol. The Morgan fingerprint density at radius 2 is 2.00 bits per heavy atom. The smallest absolute Gasteiger partial charge is 0.407 e. The molecule has 2 atom stereocenters. The van der Waals surface area contributed by atoms with Crippen LogP contribution in [0.5, 0.6) is 5.75 Å². The van der Waals surface area contributed by atoms with E-state index in [1.807, 2.05) is 0 Å². The number of nitro groups is 1. The fourth-order valence-corrected chi connectivity index (χ4v) is 2.09. The van der Waals surface area contributed by atoms with E-state index in [1.54, 1.807) is 20.8 Å². The van der Waals surface area contributed by atoms with Crippen LogP contribution in [0.1, 0.15) is 49.2 Å². The van der Waals surface area contributed by atoms with Gasteiger partial charge in [0.15, 0.2) is 6.29 Å². The summed E-state index contributed by atoms with van der Waals surface area (Å²) in [5, 5.41) is 43.4. The molecular weight excluding hydrogens is 348 g/mol. The van der Waals surface area contributed by atoms with Crippen LogP contribution in [0, 0.1) is 10.1 Å². The molecule has 2 unspecified atom stereocenters. The van der Waals surface area contributed by atoms with Crippen LogP contribution in [0.3, 0.4) is 0 Å². The number of nitrogens with one attached hydrogen (secondary N) is 1. The van der Waals surface area contributed by atoms with E-state index in [0.717, 1.165) is 12.1 Å². The van der Waals surface area contributed by atoms with Gasteiger partial charge in [-0.2, -0.15) is 0 Å². The van der Waals surface area contributed by atoms with E-state index in [-0.39, 0.29) is 30.4 Å². The van der Waals surface area contributed by atoms with Gasteiger partial charge in [-0.1, -0.05) is 0 Å². The molecule has 0 radical (unpaired) electrons. The molecule has 0 aliphatic rings. The number of phenolic OH excluding ortho intramolecular Hbond substituents is 1. The van der Waals surface area contributed by atoms with Crippen molar-refractivity contribution in [1.82, 2.24) is 5.32 Å². The summed E-state index contributed by atoms with van der Waals surface area (Å²) in [6, 6.07) is 1.73. The molecule has 26 heavy (non-hydrogen) atoms. The number of carbonyl (C=O) groups is 2. The molecule has 0 heterocycles. The van der Waals surface area contributed by atoms with E-state index >= 15 is 0 Å². The second-order valence-corrected chi connectivity index (χ2v) is 6.58. The van der Waals surface area contributed by atoms with Crippen LogP contribution in [0.2, 0.25) is 0 Å². The summed E-state index contributed by atoms with van der Waals surface area (Å²) in [6.45, 7) is 4.99. The number of rotatable bonds is 7. The fourth-order valence-electron chi connectivity index (χ4n) is 2.09. The van der Waals surface area contributed by atoms with Crippen molar-refractivity contribution in [3.05, 3.63) is 33.4 Å². The maximum absolute atomic E-state index is 11.5. The average molecular weight is 370 g/mol. The van der Waals surface area contributed by atoms with Crippen LogP contribution in [-0.4, -0.2) is 50.9 Å². The molecule has 0 aliphatic heterocycles. The molecule has 10 nitrogen and oxygen atoms in total. The van der Waals surface area contributed by atoms with E-state index in [0.29, 0.717) is 0 Å². The molecule has 1 amide bonds. The van der Waals surface area contributed by atoms with Gasteiger partial charge in [0, 0.05) is 24.2 Å². The molecule has 0 aromatic heterocycles. The van der Waals surface area contributed by atoms with Gasteiger partial charge in [0.05, 0.1) is 16.6 Å². The van der Waals surface area contributed by atoms with E-state index in [9.17, 15) is 35.0 Å². The number of aliphatic hydroxyl groups excluding tert-OH is 2. The number of aromatic hydroxyl groups is 1. The molecule has 0 saturated heterocycles. The third-order valence-electron chi connectivity index (χ3n) is 3.28. The summed E-state index contributed by atoms with van der Waals surface area (Å²) >= 11 is 0. The molecule has 0 saturated carbocycles. The number of aldehydes is 1. The lowest BCUT2D eigenvalue weighted by atomic mass is 9.98. The summed E-state index contributed by atoms with van der Waals surface area (Å²) in [7, 11) is 0. The molecule has 144 valence electrons. The molecule has 0 fully saturated rings. The number of nitro benzene ring substituents is 1. The Balaban J connectivity index is 2.81. The van der Waals surface area contributed by atoms with Crippen molar-refractivity contribution in [3.63, 3.8) is 0 Å². The van der Waals surface area contributed by atoms with Crippen molar-refractivity contribution >= 4 is 18.1 Å². The highest BCUT2D eigenvalue weighted by Crippen LogP contribution is 2.33. The first-order valence-corrected chi connectivity index (χ1v) is 7.75. The maximum Gasteiger partial charge on any atom is 0.407 e. The van der Waals surface area contributed by atoms with E-state index in [1.165, 1.54) is 0 Å². The number of phenols is 1. The van der Waals surface area contributed by atoms with E-state index < -0.39 is 40.3 Å². The number of non-ortho nitro benzene ring substituents is 1. The highest BCUT2D eigenvalue weighted by Gasteiger charge is 2.26. The van der Waals surface area contributed by atoms with Crippen molar-refractivity contribution in [2.75, 3.05) is 6.54 Å². The van der Waals surface area contributed by atoms with Crippen molar-refractivity contribution in [3.8, 4) is 5.75 Å². The lowest BCUT2D eigenvalue weighted by Crippen LogP contribution is -2.34. The Morgan fingerprint density at radius 3 is 2.50 bits per heavy atom. The van der Waals surface area contributed by atoms with Crippen LogP contribution in [0.4, 0.5) is 10.5 Å². The molecule has 10 heteroatoms. The topological polar surface area (TPSA) is 159 Å². The second kappa shape index (κ2) is 8.59. The summed E-state index contributed by atoms with van der Waals surface area (Å²) in [4.78, 5) is 32.5. The number of ether oxygens (including phenoxy) is 1. The summed E-state index contributed by atoms with van der Waals surface area (Å²) in [5.74, 6) is -0.655. The molecular formula is C16H22N2O8. The van der Waals surface area contributed by atoms with Crippen LogP contribution in [0.15, 0.2) is 12.1 Å². The lowest BCUT2D eigenvalue weighted by molar-refractivity contribution is -0.385. The summed E-state index contributed by atoms with van der Waals surface area (Å²) in [5.41, 5.74) is -1.95. The van der Waals surface area contributed by atoms with E-state index in [2.05, 4.69) is 5.32 Å². The molecule has 0 bridgehead atoms. The van der Waals surface area contributed by atoms with Crippen LogP contribution >= 0.6 is 0 Å². The van der Waals surface area contributed by atoms with Gasteiger partial charge in [-0.15, -0.1) is 0 Å². The number of hydrogen-bond donors (Lipinski definition) is 4. The van der Waals surface area contributed by atoms with Crippen LogP contribution < -0.4 is 5.32 Å². The maximum atomic E-state index is 11.5. The van der Waals surface area contributed by atoms with Gasteiger partial charge in [0.2, 0.25) is 0 Å². The fraction of sp³-hybridized carbons (Fsp3) is 0.500. The zero-order valence-corrected chi connectivity index (χ0v) is 14.6. The third kappa shape index (κ3) is 5.97. The quantitative estimate of drug-likeness (QED) is 0.318. The van der Waals surface area contributed by atoms with Crippen molar-refractivity contribution in [1.29, 1.82) is 0 Å². The van der Waals surface area contributed by atoms with Gasteiger partial charge < -0.3 is 25.4 Å². The number of nitrogens with zero attached hydrogens (tertiary/aromatic N) is 1. The number of alkyl carbamates (subject to hydrolysis) is 1. The van der Waals surface area contributed by atoms with Gasteiger partial charge in [-0.25, -0.2) is 4.79 Å². The first-order chi connectivity index (χ1) is 12.0. The Bertz CT molecular complexity index is 684. The average Bonchev–Trinajstić information content (AvgIpc) is 2.52. The molecule has 1 rings (SSSR count). The van der Waals surface area contributed by atoms with Gasteiger partial charge in [-0.3, -0.25) is 14.9 Å². The first kappa shape index (κ1) is 21.3. The first-order valence-electron chi connectivity index (χ1n) is 7.75. The third-order valence-corrected chi connectivity index (χ3v) is 3.28. The summed E-state index contributed by atoms with van der Waals surface area (Å²) < 4.78 is 5.01. The van der Waals surface area contributed by atoms with Gasteiger partial charge in [-0.05, 0) is 27.2 Å². The van der Waals surface area contributed by atoms with Crippen molar-refractivity contribution < 1.29 is 34.6 Å². The van der Waals surface area contributed by atoms with Gasteiger partial charge in [0.1, 0.15) is 17.5 Å². The number of amides is 1. The van der Waals surface area contributed by atoms with Crippen molar-refractivity contribution in [2.45, 2.75) is 45.0 Å². The zero-order chi connectivity index (χ0) is 20.1. The Hall–Kier alpha value is -2.72. The molecule has 0 spiro atoms. The summed E-state index contributed by atoms with van der Waals surface area (Å²) in [6.07, 6.45) is -3.79. The minimum absolute atomic E-state index is 0.0522. The Labute approximate surface area is 149 Å². The van der Waals surface area contributed by atoms with E-state index in [4.69, 9.17) is 4.74 Å². The molecule has 0 aliphatic carbocycles. The molecule has 1 aromatic rings. The standard InChI is InChI=1S/C16H22N2O8/c1-16(2,3)26-15(23)17-5-4-12(20)14(22)11-7-10(18(24)25)6-9(8-19)13(11)21/h6-8,12,14,20-22H,4-5H2,1-3H3,(H,17,23). The number of carbonyl (C=O) groups excluding carboxylic acids is 2. The second-order valence-electron chi connectivity index (χ2n) is 6.58. The zero-order valence-electron chi connectivity index (χ0n) is 14.6. The largest absolute Gasteiger partial charge is 0.507 e.